The van der Waals surface area contributed by atoms with Crippen molar-refractivity contribution < 1.29 is 14.3 Å². The number of amides is 1. The smallest absolute Gasteiger partial charge is 0.318 e. The van der Waals surface area contributed by atoms with Crippen LogP contribution < -0.4 is 0 Å². The number of likely N-dealkylation sites (tertiary alicyclic amines) is 1. The third kappa shape index (κ3) is 3.90. The molecule has 3 atom stereocenters. The highest BCUT2D eigenvalue weighted by Gasteiger charge is 2.29. The van der Waals surface area contributed by atoms with Crippen molar-refractivity contribution in [1.29, 1.82) is 0 Å². The second kappa shape index (κ2) is 7.02. The molecule has 0 saturated carbocycles. The third-order valence-electron chi connectivity index (χ3n) is 3.47. The molecule has 1 heterocycles. The van der Waals surface area contributed by atoms with Gasteiger partial charge in [0.15, 0.2) is 0 Å². The summed E-state index contributed by atoms with van der Waals surface area (Å²) in [5.41, 5.74) is 0. The summed E-state index contributed by atoms with van der Waals surface area (Å²) in [7, 11) is 1.37. The summed E-state index contributed by atoms with van der Waals surface area (Å²) in [5, 5.41) is -0.283. The fraction of sp³-hybridized carbons (Fsp3) is 0.846. The highest BCUT2D eigenvalue weighted by atomic mass is 32.2. The van der Waals surface area contributed by atoms with Crippen LogP contribution in [0.2, 0.25) is 0 Å². The lowest BCUT2D eigenvalue weighted by molar-refractivity contribution is -0.139. The summed E-state index contributed by atoms with van der Waals surface area (Å²) in [6.45, 7) is 5.97. The Morgan fingerprint density at radius 3 is 2.39 bits per heavy atom. The second-order valence-electron chi connectivity index (χ2n) is 4.91. The van der Waals surface area contributed by atoms with E-state index in [1.165, 1.54) is 25.3 Å². The topological polar surface area (TPSA) is 46.6 Å². The van der Waals surface area contributed by atoms with Gasteiger partial charge in [-0.3, -0.25) is 9.59 Å². The lowest BCUT2D eigenvalue weighted by Crippen LogP contribution is -2.48. The fourth-order valence-corrected chi connectivity index (χ4v) is 3.19. The van der Waals surface area contributed by atoms with Gasteiger partial charge in [0.25, 0.3) is 0 Å². The summed E-state index contributed by atoms with van der Waals surface area (Å²) in [6, 6.07) is 0.630. The Balaban J connectivity index is 2.46. The van der Waals surface area contributed by atoms with Crippen molar-refractivity contribution in [1.82, 2.24) is 4.90 Å². The van der Waals surface area contributed by atoms with Crippen LogP contribution in [0.1, 0.15) is 40.0 Å². The van der Waals surface area contributed by atoms with Crippen LogP contribution in [0.3, 0.4) is 0 Å². The van der Waals surface area contributed by atoms with Crippen LogP contribution in [0.4, 0.5) is 0 Å². The lowest BCUT2D eigenvalue weighted by atomic mass is 9.98. The predicted octanol–water partition coefficient (Wildman–Crippen LogP) is 2.07. The first kappa shape index (κ1) is 15.3. The van der Waals surface area contributed by atoms with Gasteiger partial charge in [0.05, 0.1) is 12.9 Å². The highest BCUT2D eigenvalue weighted by Crippen LogP contribution is 2.24. The fourth-order valence-electron chi connectivity index (χ4n) is 2.42. The minimum Gasteiger partial charge on any atom is -0.468 e. The van der Waals surface area contributed by atoms with Crippen LogP contribution >= 0.6 is 11.8 Å². The summed E-state index contributed by atoms with van der Waals surface area (Å²) in [5.74, 6) is 0.216. The van der Waals surface area contributed by atoms with E-state index in [0.717, 1.165) is 12.8 Å². The molecular weight excluding hydrogens is 250 g/mol. The van der Waals surface area contributed by atoms with Crippen molar-refractivity contribution in [2.75, 3.05) is 12.9 Å². The van der Waals surface area contributed by atoms with Crippen LogP contribution in [0.15, 0.2) is 0 Å². The molecular formula is C13H23NO3S. The van der Waals surface area contributed by atoms with E-state index in [2.05, 4.69) is 18.6 Å². The molecule has 1 fully saturated rings. The maximum atomic E-state index is 12.2. The Morgan fingerprint density at radius 1 is 1.33 bits per heavy atom. The summed E-state index contributed by atoms with van der Waals surface area (Å²) in [6.07, 6.45) is 3.35. The third-order valence-corrected chi connectivity index (χ3v) is 4.58. The van der Waals surface area contributed by atoms with Crippen molar-refractivity contribution in [3.63, 3.8) is 0 Å². The van der Waals surface area contributed by atoms with Gasteiger partial charge >= 0.3 is 5.97 Å². The van der Waals surface area contributed by atoms with Gasteiger partial charge in [-0.05, 0) is 40.0 Å². The van der Waals surface area contributed by atoms with Crippen LogP contribution in [-0.2, 0) is 14.3 Å². The number of carbonyl (C=O) groups is 2. The Hall–Kier alpha value is -0.710. The lowest BCUT2D eigenvalue weighted by Gasteiger charge is -2.39. The number of thioether (sulfide) groups is 1. The van der Waals surface area contributed by atoms with Gasteiger partial charge < -0.3 is 9.64 Å². The standard InChI is InChI=1S/C13H23NO3S/c1-9-6-5-7-10(2)14(9)12(15)8-18-11(3)13(16)17-4/h9-11H,5-8H2,1-4H3/t9-,10+,11-/m0/s1. The second-order valence-corrected chi connectivity index (χ2v) is 6.24. The van der Waals surface area contributed by atoms with Crippen molar-refractivity contribution in [3.8, 4) is 0 Å². The van der Waals surface area contributed by atoms with E-state index in [0.29, 0.717) is 17.8 Å². The molecule has 0 aromatic heterocycles. The largest absolute Gasteiger partial charge is 0.468 e. The molecule has 18 heavy (non-hydrogen) atoms. The predicted molar refractivity (Wildman–Crippen MR) is 73.6 cm³/mol. The Morgan fingerprint density at radius 2 is 1.89 bits per heavy atom. The number of methoxy groups -OCH3 is 1. The molecule has 1 rings (SSSR count). The molecule has 104 valence electrons. The van der Waals surface area contributed by atoms with Crippen molar-refractivity contribution in [2.45, 2.75) is 57.4 Å². The average Bonchev–Trinajstić information content (AvgIpc) is 2.34. The first-order valence-corrected chi connectivity index (χ1v) is 7.52. The monoisotopic (exact) mass is 273 g/mol. The summed E-state index contributed by atoms with van der Waals surface area (Å²) in [4.78, 5) is 25.4. The van der Waals surface area contributed by atoms with E-state index < -0.39 is 0 Å². The molecule has 1 aliphatic rings. The molecule has 4 nitrogen and oxygen atoms in total. The van der Waals surface area contributed by atoms with Gasteiger partial charge in [-0.25, -0.2) is 0 Å². The molecule has 0 N–H and O–H groups in total. The molecule has 0 radical (unpaired) electrons. The van der Waals surface area contributed by atoms with Crippen LogP contribution in [0, 0.1) is 0 Å². The van der Waals surface area contributed by atoms with E-state index in [9.17, 15) is 9.59 Å². The number of piperidine rings is 1. The number of nitrogens with zero attached hydrogens (tertiary/aromatic N) is 1. The number of carbonyl (C=O) groups excluding carboxylic acids is 2. The number of hydrogen-bond acceptors (Lipinski definition) is 4. The summed E-state index contributed by atoms with van der Waals surface area (Å²) >= 11 is 1.35. The van der Waals surface area contributed by atoms with Gasteiger partial charge in [0.1, 0.15) is 5.25 Å². The number of rotatable bonds is 4. The molecule has 0 aromatic rings. The molecule has 5 heteroatoms. The van der Waals surface area contributed by atoms with Gasteiger partial charge in [0, 0.05) is 12.1 Å². The van der Waals surface area contributed by atoms with Crippen molar-refractivity contribution in [3.05, 3.63) is 0 Å². The first-order chi connectivity index (χ1) is 8.47. The molecule has 1 aliphatic heterocycles. The number of esters is 1. The maximum Gasteiger partial charge on any atom is 0.318 e. The molecule has 0 bridgehead atoms. The van der Waals surface area contributed by atoms with Crippen LogP contribution in [-0.4, -0.2) is 47.0 Å². The normalized spacial score (nSPS) is 25.7. The molecule has 1 saturated heterocycles. The average molecular weight is 273 g/mol. The first-order valence-electron chi connectivity index (χ1n) is 6.48. The van der Waals surface area contributed by atoms with Crippen LogP contribution in [0.5, 0.6) is 0 Å². The van der Waals surface area contributed by atoms with E-state index >= 15 is 0 Å². The Kier molecular flexibility index (Phi) is 5.99. The summed E-state index contributed by atoms with van der Waals surface area (Å²) < 4.78 is 4.65. The van der Waals surface area contributed by atoms with Gasteiger partial charge in [0.2, 0.25) is 5.91 Å². The Bertz CT molecular complexity index is 299. The van der Waals surface area contributed by atoms with Gasteiger partial charge in [-0.2, -0.15) is 0 Å². The van der Waals surface area contributed by atoms with E-state index in [4.69, 9.17) is 0 Å². The van der Waals surface area contributed by atoms with E-state index in [1.54, 1.807) is 6.92 Å². The zero-order valence-corrected chi connectivity index (χ0v) is 12.5. The Labute approximate surface area is 113 Å². The van der Waals surface area contributed by atoms with E-state index in [-0.39, 0.29) is 17.1 Å². The van der Waals surface area contributed by atoms with Crippen molar-refractivity contribution in [2.24, 2.45) is 0 Å². The highest BCUT2D eigenvalue weighted by molar-refractivity contribution is 8.01. The van der Waals surface area contributed by atoms with E-state index in [1.807, 2.05) is 4.90 Å². The SMILES string of the molecule is COC(=O)[C@H](C)SCC(=O)N1[C@H](C)CCC[C@@H]1C. The molecule has 0 aliphatic carbocycles. The minimum atomic E-state index is -0.283. The molecule has 1 amide bonds. The quantitative estimate of drug-likeness (QED) is 0.736. The van der Waals surface area contributed by atoms with Gasteiger partial charge in [-0.15, -0.1) is 11.8 Å². The number of ether oxygens (including phenoxy) is 1. The number of hydrogen-bond donors (Lipinski definition) is 0. The molecule has 0 unspecified atom stereocenters. The molecule has 0 aromatic carbocycles. The van der Waals surface area contributed by atoms with Crippen LogP contribution in [0.25, 0.3) is 0 Å². The van der Waals surface area contributed by atoms with Crippen molar-refractivity contribution >= 4 is 23.6 Å². The minimum absolute atomic E-state index is 0.135. The zero-order valence-electron chi connectivity index (χ0n) is 11.6. The molecule has 0 spiro atoms. The zero-order chi connectivity index (χ0) is 13.7. The maximum absolute atomic E-state index is 12.2. The van der Waals surface area contributed by atoms with Gasteiger partial charge in [-0.1, -0.05) is 0 Å².